The molecule has 11 unspecified atom stereocenters. The SMILES string of the molecule is CC/C=C\C/C=C\C/C=C\CCCCCCCC(=O)OC(COC(=O)CCCCCCCCCCCCCCCCC)COC1OC(COC2OC(CO)C(O)C(O)C2O)C(O)C(O)C1O. The van der Waals surface area contributed by atoms with Gasteiger partial charge in [0.2, 0.25) is 0 Å². The third kappa shape index (κ3) is 26.5. The average molecular weight is 943 g/mol. The normalized spacial score (nSPS) is 26.4. The van der Waals surface area contributed by atoms with Gasteiger partial charge in [0.05, 0.1) is 19.8 Å². The van der Waals surface area contributed by atoms with Crippen molar-refractivity contribution in [2.24, 2.45) is 0 Å². The van der Waals surface area contributed by atoms with Gasteiger partial charge in [-0.3, -0.25) is 9.59 Å². The zero-order valence-electron chi connectivity index (χ0n) is 40.4. The molecule has 384 valence electrons. The van der Waals surface area contributed by atoms with Crippen LogP contribution in [-0.4, -0.2) is 142 Å². The van der Waals surface area contributed by atoms with Crippen LogP contribution < -0.4 is 0 Å². The van der Waals surface area contributed by atoms with Crippen LogP contribution in [0.4, 0.5) is 0 Å². The number of rotatable bonds is 39. The van der Waals surface area contributed by atoms with Crippen molar-refractivity contribution in [3.05, 3.63) is 36.5 Å². The third-order valence-electron chi connectivity index (χ3n) is 12.1. The number of hydrogen-bond donors (Lipinski definition) is 7. The molecule has 0 spiro atoms. The first-order chi connectivity index (χ1) is 32.0. The van der Waals surface area contributed by atoms with E-state index in [-0.39, 0.29) is 26.1 Å². The molecule has 0 amide bonds. The molecule has 0 radical (unpaired) electrons. The molecule has 7 N–H and O–H groups in total. The van der Waals surface area contributed by atoms with Gasteiger partial charge in [-0.1, -0.05) is 159 Å². The Morgan fingerprint density at radius 3 is 1.50 bits per heavy atom. The molecule has 2 saturated heterocycles. The number of allylic oxidation sites excluding steroid dienone is 6. The van der Waals surface area contributed by atoms with E-state index in [2.05, 4.69) is 50.3 Å². The number of aliphatic hydroxyl groups excluding tert-OH is 7. The topological polar surface area (TPSA) is 231 Å². The number of unbranched alkanes of at least 4 members (excludes halogenated alkanes) is 19. The highest BCUT2D eigenvalue weighted by Crippen LogP contribution is 2.26. The van der Waals surface area contributed by atoms with Crippen molar-refractivity contribution < 1.29 is 73.8 Å². The standard InChI is InChI=1S/C51H90O15/c1-3-5-7-9-11-13-15-17-19-21-23-25-27-29-31-33-42(53)61-36-39(64-43(54)34-32-30-28-26-24-22-20-18-16-14-12-10-8-6-4-2)37-62-50-49(60)47(58)45(56)41(66-50)38-63-51-48(59)46(57)44(55)40(35-52)65-51/h6,8,12,14,18,20,39-41,44-52,55-60H,3-5,7,9-11,13,15-17,19,21-38H2,1-2H3/b8-6-,14-12-,20-18-. The van der Waals surface area contributed by atoms with Crippen LogP contribution in [0.3, 0.4) is 0 Å². The maximum Gasteiger partial charge on any atom is 0.306 e. The highest BCUT2D eigenvalue weighted by molar-refractivity contribution is 5.70. The molecule has 15 heteroatoms. The first kappa shape index (κ1) is 59.8. The predicted octanol–water partition coefficient (Wildman–Crippen LogP) is 6.93. The molecule has 0 aromatic carbocycles. The molecule has 2 aliphatic rings. The van der Waals surface area contributed by atoms with Gasteiger partial charge in [0, 0.05) is 12.8 Å². The van der Waals surface area contributed by atoms with Crippen LogP contribution >= 0.6 is 0 Å². The van der Waals surface area contributed by atoms with Crippen LogP contribution in [0.5, 0.6) is 0 Å². The van der Waals surface area contributed by atoms with Gasteiger partial charge in [-0.15, -0.1) is 0 Å². The van der Waals surface area contributed by atoms with E-state index in [1.807, 2.05) is 0 Å². The van der Waals surface area contributed by atoms with E-state index in [0.717, 1.165) is 70.6 Å². The fraction of sp³-hybridized carbons (Fsp3) is 0.843. The summed E-state index contributed by atoms with van der Waals surface area (Å²) in [6.45, 7) is 2.47. The van der Waals surface area contributed by atoms with E-state index in [1.165, 1.54) is 70.6 Å². The smallest absolute Gasteiger partial charge is 0.306 e. The lowest BCUT2D eigenvalue weighted by molar-refractivity contribution is -0.332. The van der Waals surface area contributed by atoms with E-state index in [4.69, 9.17) is 28.4 Å². The Labute approximate surface area is 395 Å². The predicted molar refractivity (Wildman–Crippen MR) is 252 cm³/mol. The lowest BCUT2D eigenvalue weighted by atomic mass is 9.98. The number of carbonyl (C=O) groups is 2. The molecular formula is C51H90O15. The maximum atomic E-state index is 13.0. The molecule has 0 aromatic heterocycles. The second-order valence-electron chi connectivity index (χ2n) is 18.0. The Kier molecular flexibility index (Phi) is 35.0. The Morgan fingerprint density at radius 2 is 0.955 bits per heavy atom. The van der Waals surface area contributed by atoms with Crippen molar-refractivity contribution in [2.75, 3.05) is 26.4 Å². The average Bonchev–Trinajstić information content (AvgIpc) is 3.31. The van der Waals surface area contributed by atoms with Gasteiger partial charge in [-0.2, -0.15) is 0 Å². The van der Waals surface area contributed by atoms with Crippen LogP contribution in [0.15, 0.2) is 36.5 Å². The van der Waals surface area contributed by atoms with Crippen molar-refractivity contribution in [3.63, 3.8) is 0 Å². The van der Waals surface area contributed by atoms with Gasteiger partial charge in [0.25, 0.3) is 0 Å². The zero-order valence-corrected chi connectivity index (χ0v) is 40.4. The summed E-state index contributed by atoms with van der Waals surface area (Å²) in [6.07, 6.45) is 23.1. The van der Waals surface area contributed by atoms with Gasteiger partial charge >= 0.3 is 11.9 Å². The molecule has 66 heavy (non-hydrogen) atoms. The molecule has 0 aliphatic carbocycles. The van der Waals surface area contributed by atoms with Crippen molar-refractivity contribution in [1.29, 1.82) is 0 Å². The van der Waals surface area contributed by atoms with Crippen molar-refractivity contribution in [3.8, 4) is 0 Å². The monoisotopic (exact) mass is 943 g/mol. The second kappa shape index (κ2) is 38.6. The minimum atomic E-state index is -1.77. The lowest BCUT2D eigenvalue weighted by Gasteiger charge is -2.42. The summed E-state index contributed by atoms with van der Waals surface area (Å²) >= 11 is 0. The van der Waals surface area contributed by atoms with E-state index in [9.17, 15) is 45.3 Å². The van der Waals surface area contributed by atoms with E-state index in [0.29, 0.717) is 12.8 Å². The molecular weight excluding hydrogens is 853 g/mol. The summed E-state index contributed by atoms with van der Waals surface area (Å²) in [5.41, 5.74) is 0. The Morgan fingerprint density at radius 1 is 0.500 bits per heavy atom. The van der Waals surface area contributed by atoms with Crippen molar-refractivity contribution in [2.45, 2.75) is 248 Å². The molecule has 2 rings (SSSR count). The van der Waals surface area contributed by atoms with Crippen molar-refractivity contribution >= 4 is 11.9 Å². The molecule has 0 aromatic rings. The first-order valence-electron chi connectivity index (χ1n) is 25.6. The van der Waals surface area contributed by atoms with E-state index in [1.54, 1.807) is 0 Å². The van der Waals surface area contributed by atoms with Crippen LogP contribution in [0.1, 0.15) is 181 Å². The number of aliphatic hydroxyl groups is 7. The van der Waals surface area contributed by atoms with Gasteiger partial charge in [0.15, 0.2) is 18.7 Å². The first-order valence-corrected chi connectivity index (χ1v) is 25.6. The van der Waals surface area contributed by atoms with Crippen molar-refractivity contribution in [1.82, 2.24) is 0 Å². The molecule has 2 aliphatic heterocycles. The molecule has 2 heterocycles. The van der Waals surface area contributed by atoms with E-state index < -0.39 is 92.7 Å². The summed E-state index contributed by atoms with van der Waals surface area (Å²) in [4.78, 5) is 25.7. The zero-order chi connectivity index (χ0) is 48.2. The molecule has 0 saturated carbocycles. The van der Waals surface area contributed by atoms with Crippen LogP contribution in [0.25, 0.3) is 0 Å². The highest BCUT2D eigenvalue weighted by atomic mass is 16.7. The number of ether oxygens (including phenoxy) is 6. The molecule has 11 atom stereocenters. The largest absolute Gasteiger partial charge is 0.462 e. The Balaban J connectivity index is 1.82. The Hall–Kier alpha value is -2.28. The molecule has 2 fully saturated rings. The fourth-order valence-corrected chi connectivity index (χ4v) is 7.94. The van der Waals surface area contributed by atoms with Gasteiger partial charge in [-0.25, -0.2) is 0 Å². The Bertz CT molecular complexity index is 1290. The number of esters is 2. The third-order valence-corrected chi connectivity index (χ3v) is 12.1. The summed E-state index contributed by atoms with van der Waals surface area (Å²) in [7, 11) is 0. The fourth-order valence-electron chi connectivity index (χ4n) is 7.94. The van der Waals surface area contributed by atoms with Crippen LogP contribution in [0, 0.1) is 0 Å². The highest BCUT2D eigenvalue weighted by Gasteiger charge is 2.47. The maximum absolute atomic E-state index is 13.0. The van der Waals surface area contributed by atoms with Crippen LogP contribution in [-0.2, 0) is 38.0 Å². The minimum absolute atomic E-state index is 0.147. The summed E-state index contributed by atoms with van der Waals surface area (Å²) in [5, 5.41) is 72.0. The van der Waals surface area contributed by atoms with E-state index >= 15 is 0 Å². The quantitative estimate of drug-likeness (QED) is 0.0188. The van der Waals surface area contributed by atoms with Crippen LogP contribution in [0.2, 0.25) is 0 Å². The minimum Gasteiger partial charge on any atom is -0.462 e. The van der Waals surface area contributed by atoms with Gasteiger partial charge in [0.1, 0.15) is 55.4 Å². The number of carbonyl (C=O) groups excluding carboxylic acids is 2. The van der Waals surface area contributed by atoms with Gasteiger partial charge in [-0.05, 0) is 44.9 Å². The second-order valence-corrected chi connectivity index (χ2v) is 18.0. The molecule has 15 nitrogen and oxygen atoms in total. The van der Waals surface area contributed by atoms with Gasteiger partial charge < -0.3 is 64.2 Å². The summed E-state index contributed by atoms with van der Waals surface area (Å²) in [6, 6.07) is 0. The summed E-state index contributed by atoms with van der Waals surface area (Å²) < 4.78 is 33.6. The summed E-state index contributed by atoms with van der Waals surface area (Å²) in [5.74, 6) is -0.940. The lowest BCUT2D eigenvalue weighted by Crippen LogP contribution is -2.61. The number of hydrogen-bond acceptors (Lipinski definition) is 15. The molecule has 0 bridgehead atoms.